The Kier molecular flexibility index (Phi) is 5.71. The van der Waals surface area contributed by atoms with E-state index in [0.717, 1.165) is 11.0 Å². The number of benzene rings is 2. The number of hydrogen-bond donors (Lipinski definition) is 2. The summed E-state index contributed by atoms with van der Waals surface area (Å²) in [5.41, 5.74) is 2.10. The standard InChI is InChI=1S/C19H19Cl2N3O2/c1-2-9-23-16-5-3-4-6-17(16)24(19(23)22)11-14(25)12-26-18-8-7-13(20)10-15(18)21/h2-8,10,14,22,25H,1,9,11-12H2/t14-/m0/s1. The van der Waals surface area contributed by atoms with Crippen LogP contribution in [0.3, 0.4) is 0 Å². The number of fused-ring (bicyclic) bond motifs is 1. The van der Waals surface area contributed by atoms with Gasteiger partial charge in [0.05, 0.1) is 22.6 Å². The van der Waals surface area contributed by atoms with Crippen molar-refractivity contribution in [3.05, 3.63) is 70.8 Å². The minimum atomic E-state index is -0.807. The van der Waals surface area contributed by atoms with Gasteiger partial charge in [-0.05, 0) is 30.3 Å². The monoisotopic (exact) mass is 391 g/mol. The lowest BCUT2D eigenvalue weighted by molar-refractivity contribution is 0.0922. The summed E-state index contributed by atoms with van der Waals surface area (Å²) >= 11 is 11.9. The summed E-state index contributed by atoms with van der Waals surface area (Å²) in [6.07, 6.45) is 0.940. The van der Waals surface area contributed by atoms with Crippen molar-refractivity contribution in [3.8, 4) is 5.75 Å². The first-order chi connectivity index (χ1) is 12.5. The lowest BCUT2D eigenvalue weighted by Gasteiger charge is -2.14. The van der Waals surface area contributed by atoms with Crippen LogP contribution in [0.2, 0.25) is 10.0 Å². The van der Waals surface area contributed by atoms with E-state index < -0.39 is 6.10 Å². The fourth-order valence-electron chi connectivity index (χ4n) is 2.83. The molecule has 1 aromatic heterocycles. The molecule has 136 valence electrons. The highest BCUT2D eigenvalue weighted by atomic mass is 35.5. The van der Waals surface area contributed by atoms with Crippen LogP contribution in [0.4, 0.5) is 0 Å². The summed E-state index contributed by atoms with van der Waals surface area (Å²) in [6.45, 7) is 4.56. The van der Waals surface area contributed by atoms with Crippen LogP contribution in [0.25, 0.3) is 11.0 Å². The lowest BCUT2D eigenvalue weighted by Crippen LogP contribution is -2.31. The van der Waals surface area contributed by atoms with Gasteiger partial charge in [0.25, 0.3) is 0 Å². The topological polar surface area (TPSA) is 63.2 Å². The third kappa shape index (κ3) is 3.80. The molecule has 5 nitrogen and oxygen atoms in total. The molecule has 2 N–H and O–H groups in total. The van der Waals surface area contributed by atoms with Crippen molar-refractivity contribution in [2.45, 2.75) is 19.2 Å². The third-order valence-electron chi connectivity index (χ3n) is 4.00. The minimum absolute atomic E-state index is 0.0504. The largest absolute Gasteiger partial charge is 0.489 e. The Balaban J connectivity index is 1.79. The van der Waals surface area contributed by atoms with Crippen molar-refractivity contribution in [2.75, 3.05) is 6.61 Å². The van der Waals surface area contributed by atoms with Crippen LogP contribution in [-0.4, -0.2) is 27.0 Å². The van der Waals surface area contributed by atoms with Gasteiger partial charge in [-0.1, -0.05) is 41.4 Å². The van der Waals surface area contributed by atoms with Gasteiger partial charge in [0.2, 0.25) is 5.62 Å². The Bertz CT molecular complexity index is 994. The molecule has 0 spiro atoms. The molecule has 0 aliphatic heterocycles. The van der Waals surface area contributed by atoms with Crippen LogP contribution < -0.4 is 10.4 Å². The van der Waals surface area contributed by atoms with Crippen molar-refractivity contribution in [2.24, 2.45) is 0 Å². The van der Waals surface area contributed by atoms with Crippen molar-refractivity contribution in [1.29, 1.82) is 5.41 Å². The average Bonchev–Trinajstić information content (AvgIpc) is 2.87. The Morgan fingerprint density at radius 2 is 1.85 bits per heavy atom. The molecule has 0 fully saturated rings. The van der Waals surface area contributed by atoms with Gasteiger partial charge in [0, 0.05) is 11.6 Å². The summed E-state index contributed by atoms with van der Waals surface area (Å²) in [5.74, 6) is 0.459. The second-order valence-corrected chi connectivity index (χ2v) is 6.71. The molecule has 26 heavy (non-hydrogen) atoms. The van der Waals surface area contributed by atoms with Gasteiger partial charge in [0.15, 0.2) is 0 Å². The number of rotatable bonds is 7. The second-order valence-electron chi connectivity index (χ2n) is 5.86. The molecule has 2 aromatic carbocycles. The summed E-state index contributed by atoms with van der Waals surface area (Å²) < 4.78 is 9.19. The zero-order chi connectivity index (χ0) is 18.7. The molecule has 0 saturated heterocycles. The molecule has 0 aliphatic rings. The summed E-state index contributed by atoms with van der Waals surface area (Å²) in [4.78, 5) is 0. The van der Waals surface area contributed by atoms with Gasteiger partial charge >= 0.3 is 0 Å². The summed E-state index contributed by atoms with van der Waals surface area (Å²) in [6, 6.07) is 12.6. The smallest absolute Gasteiger partial charge is 0.203 e. The van der Waals surface area contributed by atoms with E-state index in [1.807, 2.05) is 28.8 Å². The average molecular weight is 392 g/mol. The van der Waals surface area contributed by atoms with E-state index in [2.05, 4.69) is 6.58 Å². The Labute approximate surface area is 161 Å². The molecular formula is C19H19Cl2N3O2. The zero-order valence-electron chi connectivity index (χ0n) is 14.0. The van der Waals surface area contributed by atoms with Crippen LogP contribution in [-0.2, 0) is 13.1 Å². The molecule has 0 saturated carbocycles. The Hall–Kier alpha value is -2.21. The second kappa shape index (κ2) is 7.99. The van der Waals surface area contributed by atoms with E-state index in [0.29, 0.717) is 28.0 Å². The number of para-hydroxylation sites is 2. The molecule has 0 bridgehead atoms. The number of nitrogens with one attached hydrogen (secondary N) is 1. The molecule has 0 radical (unpaired) electrons. The SMILES string of the molecule is C=CCn1c(=N)n(C[C@H](O)COc2ccc(Cl)cc2Cl)c2ccccc21. The highest BCUT2D eigenvalue weighted by molar-refractivity contribution is 6.35. The van der Waals surface area contributed by atoms with Crippen LogP contribution in [0.15, 0.2) is 55.1 Å². The van der Waals surface area contributed by atoms with E-state index in [4.69, 9.17) is 33.3 Å². The molecule has 0 amide bonds. The number of halogens is 2. The molecule has 1 heterocycles. The number of aliphatic hydroxyl groups is 1. The number of allylic oxidation sites excluding steroid dienone is 1. The van der Waals surface area contributed by atoms with Gasteiger partial charge in [-0.2, -0.15) is 0 Å². The number of aromatic nitrogens is 2. The number of aliphatic hydroxyl groups excluding tert-OH is 1. The predicted octanol–water partition coefficient (Wildman–Crippen LogP) is 3.85. The van der Waals surface area contributed by atoms with Crippen LogP contribution in [0.1, 0.15) is 0 Å². The van der Waals surface area contributed by atoms with Crippen LogP contribution >= 0.6 is 23.2 Å². The number of hydrogen-bond acceptors (Lipinski definition) is 3. The molecule has 0 unspecified atom stereocenters. The van der Waals surface area contributed by atoms with Crippen molar-refractivity contribution >= 4 is 34.2 Å². The molecule has 0 aliphatic carbocycles. The van der Waals surface area contributed by atoms with Gasteiger partial charge in [-0.3, -0.25) is 5.41 Å². The van der Waals surface area contributed by atoms with E-state index in [9.17, 15) is 5.11 Å². The van der Waals surface area contributed by atoms with Crippen molar-refractivity contribution in [3.63, 3.8) is 0 Å². The van der Waals surface area contributed by atoms with Crippen molar-refractivity contribution in [1.82, 2.24) is 9.13 Å². The first-order valence-corrected chi connectivity index (χ1v) is 8.86. The van der Waals surface area contributed by atoms with E-state index in [-0.39, 0.29) is 13.2 Å². The number of ether oxygens (including phenoxy) is 1. The molecule has 3 rings (SSSR count). The minimum Gasteiger partial charge on any atom is -0.489 e. The maximum atomic E-state index is 10.4. The number of imidazole rings is 1. The van der Waals surface area contributed by atoms with E-state index in [1.165, 1.54) is 0 Å². The van der Waals surface area contributed by atoms with Crippen molar-refractivity contribution < 1.29 is 9.84 Å². The zero-order valence-corrected chi connectivity index (χ0v) is 15.5. The normalized spacial score (nSPS) is 12.3. The summed E-state index contributed by atoms with van der Waals surface area (Å²) in [7, 11) is 0. The third-order valence-corrected chi connectivity index (χ3v) is 4.54. The number of nitrogens with zero attached hydrogens (tertiary/aromatic N) is 2. The Morgan fingerprint density at radius 3 is 2.50 bits per heavy atom. The van der Waals surface area contributed by atoms with Gasteiger partial charge < -0.3 is 19.0 Å². The van der Waals surface area contributed by atoms with Gasteiger partial charge in [-0.15, -0.1) is 6.58 Å². The molecular weight excluding hydrogens is 373 g/mol. The van der Waals surface area contributed by atoms with E-state index >= 15 is 0 Å². The first kappa shape index (κ1) is 18.6. The maximum absolute atomic E-state index is 10.4. The molecule has 1 atom stereocenters. The van der Waals surface area contributed by atoms with Gasteiger partial charge in [-0.25, -0.2) is 0 Å². The fourth-order valence-corrected chi connectivity index (χ4v) is 3.30. The van der Waals surface area contributed by atoms with Crippen LogP contribution in [0, 0.1) is 5.41 Å². The van der Waals surface area contributed by atoms with E-state index in [1.54, 1.807) is 28.8 Å². The van der Waals surface area contributed by atoms with Crippen LogP contribution in [0.5, 0.6) is 5.75 Å². The predicted molar refractivity (Wildman–Crippen MR) is 104 cm³/mol. The Morgan fingerprint density at radius 1 is 1.15 bits per heavy atom. The maximum Gasteiger partial charge on any atom is 0.203 e. The lowest BCUT2D eigenvalue weighted by atomic mass is 10.3. The highest BCUT2D eigenvalue weighted by Crippen LogP contribution is 2.27. The molecule has 3 aromatic rings. The summed E-state index contributed by atoms with van der Waals surface area (Å²) in [5, 5.41) is 19.7. The molecule has 7 heteroatoms. The van der Waals surface area contributed by atoms with Gasteiger partial charge in [0.1, 0.15) is 18.5 Å². The quantitative estimate of drug-likeness (QED) is 0.600. The first-order valence-electron chi connectivity index (χ1n) is 8.10. The fraction of sp³-hybridized carbons (Fsp3) is 0.211. The highest BCUT2D eigenvalue weighted by Gasteiger charge is 2.14.